The van der Waals surface area contributed by atoms with E-state index >= 15 is 17.6 Å². The molecule has 0 bridgehead atoms. The second-order valence-corrected chi connectivity index (χ2v) is 29.0. The molecule has 0 saturated carbocycles. The molecule has 0 aliphatic carbocycles. The lowest BCUT2D eigenvalue weighted by molar-refractivity contribution is 0.509. The zero-order chi connectivity index (χ0) is 53.6. The Kier molecular flexibility index (Phi) is 18.4. The highest BCUT2D eigenvalue weighted by molar-refractivity contribution is 7.80. The average molecular weight is 1110 g/mol. The van der Waals surface area contributed by atoms with Gasteiger partial charge in [-0.25, -0.2) is 44.0 Å². The van der Waals surface area contributed by atoms with Crippen LogP contribution in [0, 0.1) is 46.5 Å². The summed E-state index contributed by atoms with van der Waals surface area (Å²) in [6.45, 7) is 8.03. The van der Waals surface area contributed by atoms with E-state index in [4.69, 9.17) is 0 Å². The summed E-state index contributed by atoms with van der Waals surface area (Å²) in [5.41, 5.74) is 5.26. The fraction of sp³-hybridized carbons (Fsp3) is 0.226. The maximum Gasteiger partial charge on any atom is 0.168 e. The van der Waals surface area contributed by atoms with Crippen molar-refractivity contribution in [2.24, 2.45) is 0 Å². The second kappa shape index (κ2) is 25.1. The third kappa shape index (κ3) is 11.9. The van der Waals surface area contributed by atoms with Crippen LogP contribution < -0.4 is 21.2 Å². The van der Waals surface area contributed by atoms with Crippen molar-refractivity contribution < 1.29 is 35.1 Å². The highest BCUT2D eigenvalue weighted by atomic mass is 31.2. The van der Waals surface area contributed by atoms with Crippen LogP contribution in [-0.4, -0.2) is 21.0 Å². The van der Waals surface area contributed by atoms with E-state index in [0.29, 0.717) is 0 Å². The molecule has 4 atom stereocenters. The summed E-state index contributed by atoms with van der Waals surface area (Å²) in [7, 11) is -6.03. The molecule has 2 aliphatic heterocycles. The molecular weight excluding hydrogens is 1050 g/mol. The van der Waals surface area contributed by atoms with Crippen molar-refractivity contribution >= 4 is 53.5 Å². The first-order valence-electron chi connectivity index (χ1n) is 25.5. The zero-order valence-electron chi connectivity index (χ0n) is 42.5. The maximum absolute atomic E-state index is 15.5. The van der Waals surface area contributed by atoms with Gasteiger partial charge >= 0.3 is 0 Å². The molecule has 392 valence electrons. The first-order valence-corrected chi connectivity index (χ1v) is 30.9. The number of rotatable bonds is 14. The largest absolute Gasteiger partial charge is 0.249 e. The third-order valence-corrected chi connectivity index (χ3v) is 27.7. The lowest BCUT2D eigenvalue weighted by Crippen LogP contribution is -2.34. The van der Waals surface area contributed by atoms with Gasteiger partial charge in [0.05, 0.1) is 0 Å². The van der Waals surface area contributed by atoms with Crippen molar-refractivity contribution in [1.29, 1.82) is 0 Å². The van der Waals surface area contributed by atoms with Crippen molar-refractivity contribution in [2.45, 2.75) is 88.1 Å². The van der Waals surface area contributed by atoms with E-state index in [2.05, 4.69) is 57.4 Å². The van der Waals surface area contributed by atoms with E-state index in [0.717, 1.165) is 74.2 Å². The Labute approximate surface area is 446 Å². The second-order valence-electron chi connectivity index (χ2n) is 19.4. The molecule has 14 heteroatoms. The number of hydrogen-bond acceptors (Lipinski definition) is 2. The Morgan fingerprint density at radius 2 is 0.632 bits per heavy atom. The SMILES string of the molecule is CC(C)N(P(c1cc(F)ccc1F)c1cc(F)ccc1F)P1[C@H](c2ccccc2)CC[C@H]1c1ccccc1.CC(C)N(P(c1cccc(F)c1F)c1cccc(F)c1F)P1[C@H](c2ccccc2)CC[C@H]1c1ccccc1. The molecule has 2 heterocycles. The molecule has 2 saturated heterocycles. The molecule has 2 nitrogen and oxygen atoms in total. The molecule has 2 fully saturated rings. The number of nitrogens with zero attached hydrogens (tertiary/aromatic N) is 2. The molecule has 0 unspecified atom stereocenters. The van der Waals surface area contributed by atoms with Gasteiger partial charge in [0, 0.05) is 72.1 Å². The summed E-state index contributed by atoms with van der Waals surface area (Å²) < 4.78 is 125. The summed E-state index contributed by atoms with van der Waals surface area (Å²) >= 11 is 0. The number of halogens is 8. The Morgan fingerprint density at radius 3 is 0.921 bits per heavy atom. The predicted molar refractivity (Wildman–Crippen MR) is 301 cm³/mol. The van der Waals surface area contributed by atoms with Crippen LogP contribution in [0.3, 0.4) is 0 Å². The standard InChI is InChI=1S/2C31H29F4NP2/c1-21(2)36(38(28-17-9-15-24(32)30(28)34)29-18-10-16-25(33)31(29)35)37-26(22-11-5-3-6-12-22)19-20-27(37)23-13-7-4-8-14-23;1-21(2)36(38(30-19-24(32)13-15-26(30)34)31-20-25(33)14-16-27(31)35)37-28(22-9-5-3-6-10-22)17-18-29(37)23-11-7-4-8-12-23/h3-18,21,26-27H,19-20H2,1-2H3;3-16,19-21,28-29H,17-18H2,1-2H3/t26-,27-;28-,29-/m00/s1. The minimum Gasteiger partial charge on any atom is -0.249 e. The lowest BCUT2D eigenvalue weighted by Gasteiger charge is -2.45. The third-order valence-electron chi connectivity index (χ3n) is 13.8. The molecular formula is C62H58F8N2P4. The lowest BCUT2D eigenvalue weighted by atomic mass is 10.0. The van der Waals surface area contributed by atoms with Gasteiger partial charge in [0.1, 0.15) is 23.3 Å². The van der Waals surface area contributed by atoms with Crippen molar-refractivity contribution in [1.82, 2.24) is 8.88 Å². The van der Waals surface area contributed by atoms with Crippen LogP contribution >= 0.6 is 32.3 Å². The highest BCUT2D eigenvalue weighted by Gasteiger charge is 2.48. The predicted octanol–water partition coefficient (Wildman–Crippen LogP) is 17.9. The first kappa shape index (κ1) is 55.6. The van der Waals surface area contributed by atoms with Crippen LogP contribution in [0.25, 0.3) is 0 Å². The van der Waals surface area contributed by atoms with Gasteiger partial charge in [0.25, 0.3) is 0 Å². The minimum atomic E-state index is -1.94. The Morgan fingerprint density at radius 1 is 0.342 bits per heavy atom. The summed E-state index contributed by atoms with van der Waals surface area (Å²) in [4.78, 5) is 0. The molecule has 0 amide bonds. The van der Waals surface area contributed by atoms with Gasteiger partial charge in [0.2, 0.25) is 0 Å². The van der Waals surface area contributed by atoms with Crippen LogP contribution in [0.1, 0.15) is 98.3 Å². The van der Waals surface area contributed by atoms with E-state index in [1.54, 1.807) is 0 Å². The summed E-state index contributed by atoms with van der Waals surface area (Å²) in [5, 5.41) is 0.301. The normalized spacial score (nSPS) is 18.1. The number of benzene rings is 8. The van der Waals surface area contributed by atoms with E-state index < -0.39 is 78.8 Å². The molecule has 0 spiro atoms. The van der Waals surface area contributed by atoms with E-state index in [1.807, 2.05) is 100 Å². The molecule has 8 aromatic rings. The Hall–Kier alpha value is -5.16. The van der Waals surface area contributed by atoms with Crippen LogP contribution in [0.4, 0.5) is 35.1 Å². The van der Waals surface area contributed by atoms with Gasteiger partial charge in [-0.3, -0.25) is 0 Å². The monoisotopic (exact) mass is 1110 g/mol. The van der Waals surface area contributed by atoms with E-state index in [-0.39, 0.29) is 55.9 Å². The van der Waals surface area contributed by atoms with E-state index in [9.17, 15) is 17.6 Å². The van der Waals surface area contributed by atoms with Crippen LogP contribution in [-0.2, 0) is 0 Å². The summed E-state index contributed by atoms with van der Waals surface area (Å²) in [6.07, 6.45) is 3.66. The first-order chi connectivity index (χ1) is 36.7. The minimum absolute atomic E-state index is 0.0752. The van der Waals surface area contributed by atoms with Crippen molar-refractivity contribution in [3.8, 4) is 0 Å². The Balaban J connectivity index is 0.000000186. The van der Waals surface area contributed by atoms with Gasteiger partial charge in [-0.1, -0.05) is 133 Å². The van der Waals surface area contributed by atoms with Crippen molar-refractivity contribution in [2.75, 3.05) is 0 Å². The molecule has 8 aromatic carbocycles. The number of hydrogen-bond donors (Lipinski definition) is 0. The van der Waals surface area contributed by atoms with Gasteiger partial charge in [-0.2, -0.15) is 0 Å². The van der Waals surface area contributed by atoms with Gasteiger partial charge in [-0.15, -0.1) is 0 Å². The van der Waals surface area contributed by atoms with E-state index in [1.165, 1.54) is 46.5 Å². The molecule has 76 heavy (non-hydrogen) atoms. The van der Waals surface area contributed by atoms with Crippen LogP contribution in [0.5, 0.6) is 0 Å². The van der Waals surface area contributed by atoms with Gasteiger partial charge < -0.3 is 0 Å². The van der Waals surface area contributed by atoms with Crippen molar-refractivity contribution in [3.63, 3.8) is 0 Å². The van der Waals surface area contributed by atoms with Gasteiger partial charge in [-0.05, 0) is 152 Å². The van der Waals surface area contributed by atoms with Crippen LogP contribution in [0.2, 0.25) is 0 Å². The average Bonchev–Trinajstić information content (AvgIpc) is 4.10. The highest BCUT2D eigenvalue weighted by Crippen LogP contribution is 2.78. The molecule has 0 radical (unpaired) electrons. The molecule has 0 N–H and O–H groups in total. The quantitative estimate of drug-likeness (QED) is 0.0791. The smallest absolute Gasteiger partial charge is 0.168 e. The summed E-state index contributed by atoms with van der Waals surface area (Å²) in [5.74, 6) is -6.44. The zero-order valence-corrected chi connectivity index (χ0v) is 46.1. The topological polar surface area (TPSA) is 6.48 Å². The van der Waals surface area contributed by atoms with Crippen molar-refractivity contribution in [3.05, 3.63) is 263 Å². The maximum atomic E-state index is 15.5. The fourth-order valence-corrected chi connectivity index (χ4v) is 26.0. The Bertz CT molecular complexity index is 2880. The van der Waals surface area contributed by atoms with Gasteiger partial charge in [0.15, 0.2) is 23.3 Å². The molecule has 10 rings (SSSR count). The van der Waals surface area contributed by atoms with Crippen LogP contribution in [0.15, 0.2) is 194 Å². The fourth-order valence-electron chi connectivity index (χ4n) is 10.7. The summed E-state index contributed by atoms with van der Waals surface area (Å²) in [6, 6.07) is 55.3. The molecule has 0 aromatic heterocycles. The molecule has 2 aliphatic rings.